The molecule has 2 nitrogen and oxygen atoms in total. The fourth-order valence-electron chi connectivity index (χ4n) is 1.88. The second-order valence-electron chi connectivity index (χ2n) is 4.09. The van der Waals surface area contributed by atoms with E-state index in [0.29, 0.717) is 6.04 Å². The lowest BCUT2D eigenvalue weighted by atomic mass is 9.90. The topological polar surface area (TPSA) is 12.5 Å². The van der Waals surface area contributed by atoms with Crippen LogP contribution in [0.3, 0.4) is 0 Å². The van der Waals surface area contributed by atoms with Gasteiger partial charge >= 0.3 is 0 Å². The molecule has 0 unspecified atom stereocenters. The highest BCUT2D eigenvalue weighted by molar-refractivity contribution is 4.83. The Bertz CT molecular complexity index is 136. The van der Waals surface area contributed by atoms with Gasteiger partial charge in [-0.25, -0.2) is 0 Å². The van der Waals surface area contributed by atoms with E-state index in [-0.39, 0.29) is 0 Å². The highest BCUT2D eigenvalue weighted by Gasteiger charge is 2.32. The van der Waals surface area contributed by atoms with E-state index in [0.717, 1.165) is 31.6 Å². The molecule has 0 saturated carbocycles. The van der Waals surface area contributed by atoms with E-state index in [2.05, 4.69) is 32.7 Å². The third-order valence-corrected chi connectivity index (χ3v) is 3.01. The summed E-state index contributed by atoms with van der Waals surface area (Å²) < 4.78 is 5.51. The number of ether oxygens (including phenoxy) is 1. The summed E-state index contributed by atoms with van der Waals surface area (Å²) >= 11 is 0. The molecule has 1 heterocycles. The molecule has 1 aliphatic heterocycles. The first-order valence-corrected chi connectivity index (χ1v) is 4.94. The van der Waals surface area contributed by atoms with E-state index in [9.17, 15) is 0 Å². The lowest BCUT2D eigenvalue weighted by Crippen LogP contribution is -2.39. The van der Waals surface area contributed by atoms with Crippen molar-refractivity contribution in [1.29, 1.82) is 0 Å². The number of hydrogen-bond acceptors (Lipinski definition) is 2. The Morgan fingerprint density at radius 2 is 2.08 bits per heavy atom. The van der Waals surface area contributed by atoms with Crippen molar-refractivity contribution < 1.29 is 4.74 Å². The van der Waals surface area contributed by atoms with Crippen LogP contribution in [0.4, 0.5) is 0 Å². The molecule has 0 spiro atoms. The van der Waals surface area contributed by atoms with Crippen LogP contribution in [0.1, 0.15) is 20.8 Å². The van der Waals surface area contributed by atoms with E-state index in [1.807, 2.05) is 0 Å². The molecule has 0 aromatic carbocycles. The van der Waals surface area contributed by atoms with E-state index in [4.69, 9.17) is 4.74 Å². The number of hydrogen-bond donors (Lipinski definition) is 0. The van der Waals surface area contributed by atoms with Crippen molar-refractivity contribution in [2.75, 3.05) is 26.8 Å². The minimum absolute atomic E-state index is 0.648. The highest BCUT2D eigenvalue weighted by Crippen LogP contribution is 2.25. The molecule has 2 heteroatoms. The lowest BCUT2D eigenvalue weighted by molar-refractivity contribution is 0.162. The average Bonchev–Trinajstić information content (AvgIpc) is 2.50. The minimum Gasteiger partial charge on any atom is -0.379 e. The van der Waals surface area contributed by atoms with Gasteiger partial charge < -0.3 is 9.64 Å². The van der Waals surface area contributed by atoms with Crippen molar-refractivity contribution in [2.45, 2.75) is 26.8 Å². The predicted molar refractivity (Wildman–Crippen MR) is 51.2 cm³/mol. The smallest absolute Gasteiger partial charge is 0.0625 e. The van der Waals surface area contributed by atoms with Crippen molar-refractivity contribution in [1.82, 2.24) is 4.90 Å². The summed E-state index contributed by atoms with van der Waals surface area (Å²) in [6, 6.07) is 0.648. The van der Waals surface area contributed by atoms with Crippen LogP contribution in [0, 0.1) is 11.8 Å². The van der Waals surface area contributed by atoms with E-state index in [1.54, 1.807) is 0 Å². The molecule has 1 aliphatic rings. The lowest BCUT2D eigenvalue weighted by Gasteiger charge is -2.28. The van der Waals surface area contributed by atoms with Gasteiger partial charge in [0, 0.05) is 12.0 Å². The number of nitrogens with zero attached hydrogens (tertiary/aromatic N) is 1. The molecule has 0 amide bonds. The van der Waals surface area contributed by atoms with E-state index >= 15 is 0 Å². The Labute approximate surface area is 75.9 Å². The average molecular weight is 171 g/mol. The summed E-state index contributed by atoms with van der Waals surface area (Å²) in [5.74, 6) is 1.47. The van der Waals surface area contributed by atoms with Crippen molar-refractivity contribution >= 4 is 0 Å². The molecule has 1 fully saturated rings. The van der Waals surface area contributed by atoms with Gasteiger partial charge in [-0.1, -0.05) is 20.8 Å². The maximum absolute atomic E-state index is 5.51. The third-order valence-electron chi connectivity index (χ3n) is 3.01. The van der Waals surface area contributed by atoms with Crippen molar-refractivity contribution in [3.63, 3.8) is 0 Å². The molecule has 12 heavy (non-hydrogen) atoms. The molecular weight excluding hydrogens is 150 g/mol. The van der Waals surface area contributed by atoms with E-state index < -0.39 is 0 Å². The Kier molecular flexibility index (Phi) is 3.53. The summed E-state index contributed by atoms with van der Waals surface area (Å²) in [6.45, 7) is 9.78. The van der Waals surface area contributed by atoms with Crippen LogP contribution < -0.4 is 0 Å². The zero-order chi connectivity index (χ0) is 9.14. The molecule has 0 aliphatic carbocycles. The number of rotatable bonds is 3. The maximum atomic E-state index is 5.51. The standard InChI is InChI=1S/C10H21NO/c1-5-11(4)10-7-12-6-9(10)8(2)3/h8-10H,5-7H2,1-4H3/t9-,10+/m0/s1. The normalized spacial score (nSPS) is 30.5. The highest BCUT2D eigenvalue weighted by atomic mass is 16.5. The van der Waals surface area contributed by atoms with Gasteiger partial charge in [-0.15, -0.1) is 0 Å². The molecule has 1 rings (SSSR count). The van der Waals surface area contributed by atoms with E-state index in [1.165, 1.54) is 0 Å². The van der Waals surface area contributed by atoms with Gasteiger partial charge in [-0.3, -0.25) is 0 Å². The monoisotopic (exact) mass is 171 g/mol. The minimum atomic E-state index is 0.648. The number of likely N-dealkylation sites (N-methyl/N-ethyl adjacent to an activating group) is 1. The summed E-state index contributed by atoms with van der Waals surface area (Å²) in [7, 11) is 2.19. The first kappa shape index (κ1) is 10.0. The first-order chi connectivity index (χ1) is 5.66. The summed E-state index contributed by atoms with van der Waals surface area (Å²) in [6.07, 6.45) is 0. The van der Waals surface area contributed by atoms with Gasteiger partial charge in [-0.05, 0) is 19.5 Å². The van der Waals surface area contributed by atoms with Crippen LogP contribution in [-0.4, -0.2) is 37.7 Å². The first-order valence-electron chi connectivity index (χ1n) is 4.94. The van der Waals surface area contributed by atoms with Crippen LogP contribution in [0.25, 0.3) is 0 Å². The van der Waals surface area contributed by atoms with Crippen LogP contribution in [0.2, 0.25) is 0 Å². The summed E-state index contributed by atoms with van der Waals surface area (Å²) in [5, 5.41) is 0. The van der Waals surface area contributed by atoms with Crippen LogP contribution >= 0.6 is 0 Å². The van der Waals surface area contributed by atoms with Crippen molar-refractivity contribution in [2.24, 2.45) is 11.8 Å². The van der Waals surface area contributed by atoms with Crippen molar-refractivity contribution in [3.05, 3.63) is 0 Å². The van der Waals surface area contributed by atoms with Crippen LogP contribution in [0.15, 0.2) is 0 Å². The Hall–Kier alpha value is -0.0800. The van der Waals surface area contributed by atoms with Gasteiger partial charge in [0.2, 0.25) is 0 Å². The quantitative estimate of drug-likeness (QED) is 0.639. The predicted octanol–water partition coefficient (Wildman–Crippen LogP) is 1.61. The molecule has 0 aromatic heterocycles. The molecule has 0 radical (unpaired) electrons. The molecular formula is C10H21NO. The molecule has 0 N–H and O–H groups in total. The molecule has 2 atom stereocenters. The third kappa shape index (κ3) is 1.99. The zero-order valence-corrected chi connectivity index (χ0v) is 8.71. The van der Waals surface area contributed by atoms with Gasteiger partial charge in [0.25, 0.3) is 0 Å². The second kappa shape index (κ2) is 4.24. The Morgan fingerprint density at radius 3 is 2.58 bits per heavy atom. The molecule has 72 valence electrons. The Morgan fingerprint density at radius 1 is 1.42 bits per heavy atom. The second-order valence-corrected chi connectivity index (χ2v) is 4.09. The maximum Gasteiger partial charge on any atom is 0.0625 e. The zero-order valence-electron chi connectivity index (χ0n) is 8.71. The molecule has 1 saturated heterocycles. The summed E-state index contributed by atoms with van der Waals surface area (Å²) in [5.41, 5.74) is 0. The molecule has 0 bridgehead atoms. The fraction of sp³-hybridized carbons (Fsp3) is 1.00. The largest absolute Gasteiger partial charge is 0.379 e. The van der Waals surface area contributed by atoms with Gasteiger partial charge in [0.1, 0.15) is 0 Å². The SMILES string of the molecule is CCN(C)[C@@H]1COC[C@H]1C(C)C. The van der Waals surface area contributed by atoms with Gasteiger partial charge in [0.05, 0.1) is 13.2 Å². The van der Waals surface area contributed by atoms with Crippen LogP contribution in [-0.2, 0) is 4.74 Å². The molecule has 0 aromatic rings. The van der Waals surface area contributed by atoms with Crippen molar-refractivity contribution in [3.8, 4) is 0 Å². The fourth-order valence-corrected chi connectivity index (χ4v) is 1.88. The van der Waals surface area contributed by atoms with Gasteiger partial charge in [0.15, 0.2) is 0 Å². The van der Waals surface area contributed by atoms with Crippen LogP contribution in [0.5, 0.6) is 0 Å². The summed E-state index contributed by atoms with van der Waals surface area (Å²) in [4.78, 5) is 2.40. The van der Waals surface area contributed by atoms with Gasteiger partial charge in [-0.2, -0.15) is 0 Å². The Balaban J connectivity index is 2.51.